The van der Waals surface area contributed by atoms with Crippen molar-refractivity contribution in [1.82, 2.24) is 14.8 Å². The number of nitro groups is 1. The van der Waals surface area contributed by atoms with Gasteiger partial charge in [0.2, 0.25) is 6.54 Å². The van der Waals surface area contributed by atoms with Gasteiger partial charge in [0.05, 0.1) is 12.1 Å². The average molecular weight is 495 g/mol. The molecule has 0 unspecified atom stereocenters. The van der Waals surface area contributed by atoms with Gasteiger partial charge >= 0.3 is 0 Å². The van der Waals surface area contributed by atoms with E-state index in [4.69, 9.17) is 32.7 Å². The topological polar surface area (TPSA) is 92.3 Å². The van der Waals surface area contributed by atoms with Crippen LogP contribution in [0.25, 0.3) is 5.69 Å². The number of ether oxygens (including phenoxy) is 2. The van der Waals surface area contributed by atoms with E-state index >= 15 is 0 Å². The summed E-state index contributed by atoms with van der Waals surface area (Å²) in [5, 5.41) is 20.6. The minimum absolute atomic E-state index is 0.242. The minimum atomic E-state index is -0.612. The molecule has 8 nitrogen and oxygen atoms in total. The highest BCUT2D eigenvalue weighted by Gasteiger charge is 2.26. The third kappa shape index (κ3) is 5.53. The summed E-state index contributed by atoms with van der Waals surface area (Å²) < 4.78 is 12.8. The third-order valence-electron chi connectivity index (χ3n) is 4.41. The summed E-state index contributed by atoms with van der Waals surface area (Å²) in [6.07, 6.45) is 1.58. The molecule has 0 amide bonds. The SMILES string of the molecule is C=CCOc1c(Cl)cc([C@@H](C[N+](=O)[O-])Sc2nnc(C)n2-c2ccc(Cl)cc2)cc1OC. The Labute approximate surface area is 199 Å². The van der Waals surface area contributed by atoms with Crippen LogP contribution < -0.4 is 9.47 Å². The van der Waals surface area contributed by atoms with Crippen molar-refractivity contribution in [3.8, 4) is 17.2 Å². The summed E-state index contributed by atoms with van der Waals surface area (Å²) in [5.74, 6) is 1.36. The van der Waals surface area contributed by atoms with Crippen LogP contribution in [0.4, 0.5) is 0 Å². The van der Waals surface area contributed by atoms with E-state index in [-0.39, 0.29) is 23.1 Å². The summed E-state index contributed by atoms with van der Waals surface area (Å²) in [5.41, 5.74) is 1.39. The number of methoxy groups -OCH3 is 1. The molecule has 1 heterocycles. The van der Waals surface area contributed by atoms with Crippen LogP contribution in [0, 0.1) is 17.0 Å². The lowest BCUT2D eigenvalue weighted by Crippen LogP contribution is -2.12. The number of thioether (sulfide) groups is 1. The van der Waals surface area contributed by atoms with Gasteiger partial charge < -0.3 is 9.47 Å². The van der Waals surface area contributed by atoms with Gasteiger partial charge in [0.15, 0.2) is 16.7 Å². The first-order valence-corrected chi connectivity index (χ1v) is 11.0. The van der Waals surface area contributed by atoms with E-state index in [2.05, 4.69) is 16.8 Å². The summed E-state index contributed by atoms with van der Waals surface area (Å²) >= 11 is 13.6. The van der Waals surface area contributed by atoms with Crippen LogP contribution in [0.1, 0.15) is 16.6 Å². The van der Waals surface area contributed by atoms with Gasteiger partial charge in [-0.1, -0.05) is 47.6 Å². The zero-order valence-electron chi connectivity index (χ0n) is 17.3. The number of nitrogens with zero attached hydrogens (tertiary/aromatic N) is 4. The molecule has 1 aromatic heterocycles. The van der Waals surface area contributed by atoms with Crippen LogP contribution in [-0.4, -0.2) is 39.9 Å². The standard InChI is InChI=1S/C21H20Cl2N4O4S/c1-4-9-31-20-17(23)10-14(11-18(20)30-3)19(12-26(28)29)32-21-25-24-13(2)27(21)16-7-5-15(22)6-8-16/h4-8,10-11,19H,1,9,12H2,2-3H3/t19-/m1/s1. The van der Waals surface area contributed by atoms with E-state index < -0.39 is 5.25 Å². The lowest BCUT2D eigenvalue weighted by molar-refractivity contribution is -0.479. The van der Waals surface area contributed by atoms with Crippen LogP contribution in [-0.2, 0) is 0 Å². The van der Waals surface area contributed by atoms with Gasteiger partial charge in [0.25, 0.3) is 0 Å². The number of halogens is 2. The van der Waals surface area contributed by atoms with Gasteiger partial charge in [0.1, 0.15) is 17.7 Å². The Bertz CT molecular complexity index is 1120. The Morgan fingerprint density at radius 2 is 2.00 bits per heavy atom. The lowest BCUT2D eigenvalue weighted by Gasteiger charge is -2.17. The molecule has 2 aromatic carbocycles. The van der Waals surface area contributed by atoms with Gasteiger partial charge in [0, 0.05) is 15.6 Å². The second-order valence-electron chi connectivity index (χ2n) is 6.60. The van der Waals surface area contributed by atoms with Crippen molar-refractivity contribution in [2.45, 2.75) is 17.3 Å². The molecule has 3 aromatic rings. The summed E-state index contributed by atoms with van der Waals surface area (Å²) in [6, 6.07) is 10.5. The van der Waals surface area contributed by atoms with Crippen molar-refractivity contribution in [2.24, 2.45) is 0 Å². The molecule has 0 saturated carbocycles. The first-order valence-electron chi connectivity index (χ1n) is 9.41. The van der Waals surface area contributed by atoms with Crippen LogP contribution in [0.5, 0.6) is 11.5 Å². The molecule has 0 aliphatic carbocycles. The Kier molecular flexibility index (Phi) is 8.00. The zero-order valence-corrected chi connectivity index (χ0v) is 19.7. The summed E-state index contributed by atoms with van der Waals surface area (Å²) in [4.78, 5) is 11.1. The van der Waals surface area contributed by atoms with Crippen molar-refractivity contribution in [3.05, 3.63) is 80.6 Å². The van der Waals surface area contributed by atoms with Crippen molar-refractivity contribution in [3.63, 3.8) is 0 Å². The summed E-state index contributed by atoms with van der Waals surface area (Å²) in [6.45, 7) is 5.31. The predicted molar refractivity (Wildman–Crippen MR) is 125 cm³/mol. The number of hydrogen-bond acceptors (Lipinski definition) is 7. The second-order valence-corrected chi connectivity index (χ2v) is 8.61. The third-order valence-corrected chi connectivity index (χ3v) is 6.13. The van der Waals surface area contributed by atoms with Crippen LogP contribution >= 0.6 is 35.0 Å². The molecule has 0 saturated heterocycles. The zero-order chi connectivity index (χ0) is 23.3. The maximum atomic E-state index is 11.5. The average Bonchev–Trinajstić information content (AvgIpc) is 3.12. The monoisotopic (exact) mass is 494 g/mol. The fourth-order valence-electron chi connectivity index (χ4n) is 2.99. The van der Waals surface area contributed by atoms with Crippen molar-refractivity contribution in [1.29, 1.82) is 0 Å². The van der Waals surface area contributed by atoms with Crippen LogP contribution in [0.2, 0.25) is 10.0 Å². The molecular formula is C21H20Cl2N4O4S. The van der Waals surface area contributed by atoms with Gasteiger partial charge in [-0.15, -0.1) is 10.2 Å². The molecule has 1 atom stereocenters. The number of rotatable bonds is 10. The normalized spacial score (nSPS) is 11.8. The van der Waals surface area contributed by atoms with Gasteiger partial charge in [-0.25, -0.2) is 0 Å². The molecule has 32 heavy (non-hydrogen) atoms. The Morgan fingerprint density at radius 1 is 1.28 bits per heavy atom. The largest absolute Gasteiger partial charge is 0.493 e. The number of aromatic nitrogens is 3. The molecule has 168 valence electrons. The maximum Gasteiger partial charge on any atom is 0.220 e. The molecule has 0 fully saturated rings. The van der Waals surface area contributed by atoms with E-state index in [1.54, 1.807) is 37.3 Å². The Hall–Kier alpha value is -2.75. The van der Waals surface area contributed by atoms with Crippen LogP contribution in [0.3, 0.4) is 0 Å². The molecule has 0 radical (unpaired) electrons. The number of aryl methyl sites for hydroxylation is 1. The van der Waals surface area contributed by atoms with Gasteiger partial charge in [-0.2, -0.15) is 0 Å². The predicted octanol–water partition coefficient (Wildman–Crippen LogP) is 5.57. The molecule has 0 spiro atoms. The molecule has 3 rings (SSSR count). The first-order chi connectivity index (χ1) is 15.3. The Morgan fingerprint density at radius 3 is 2.62 bits per heavy atom. The maximum absolute atomic E-state index is 11.5. The fourth-order valence-corrected chi connectivity index (χ4v) is 4.54. The second kappa shape index (κ2) is 10.7. The van der Waals surface area contributed by atoms with E-state index in [9.17, 15) is 10.1 Å². The van der Waals surface area contributed by atoms with E-state index in [0.717, 1.165) is 5.69 Å². The van der Waals surface area contributed by atoms with Gasteiger partial charge in [-0.3, -0.25) is 14.7 Å². The van der Waals surface area contributed by atoms with E-state index in [0.29, 0.717) is 33.1 Å². The first kappa shape index (κ1) is 23.9. The molecule has 11 heteroatoms. The molecule has 0 bridgehead atoms. The number of benzene rings is 2. The molecule has 0 aliphatic heterocycles. The van der Waals surface area contributed by atoms with Gasteiger partial charge in [-0.05, 0) is 48.9 Å². The van der Waals surface area contributed by atoms with Crippen molar-refractivity contribution >= 4 is 35.0 Å². The molecule has 0 N–H and O–H groups in total. The highest BCUT2D eigenvalue weighted by atomic mass is 35.5. The lowest BCUT2D eigenvalue weighted by atomic mass is 10.1. The number of hydrogen-bond donors (Lipinski definition) is 0. The molecule has 0 aliphatic rings. The van der Waals surface area contributed by atoms with Crippen LogP contribution in [0.15, 0.2) is 54.2 Å². The quantitative estimate of drug-likeness (QED) is 0.157. The summed E-state index contributed by atoms with van der Waals surface area (Å²) in [7, 11) is 1.48. The van der Waals surface area contributed by atoms with Crippen molar-refractivity contribution < 1.29 is 14.4 Å². The van der Waals surface area contributed by atoms with E-state index in [1.807, 2.05) is 16.7 Å². The van der Waals surface area contributed by atoms with E-state index in [1.165, 1.54) is 18.9 Å². The highest BCUT2D eigenvalue weighted by Crippen LogP contribution is 2.43. The smallest absolute Gasteiger partial charge is 0.220 e. The fraction of sp³-hybridized carbons (Fsp3) is 0.238. The molecular weight excluding hydrogens is 475 g/mol. The van der Waals surface area contributed by atoms with Crippen molar-refractivity contribution in [2.75, 3.05) is 20.3 Å². The minimum Gasteiger partial charge on any atom is -0.493 e. The highest BCUT2D eigenvalue weighted by molar-refractivity contribution is 7.99. The Balaban J connectivity index is 2.01.